The molecule has 1 aromatic heterocycles. The van der Waals surface area contributed by atoms with Crippen LogP contribution in [-0.2, 0) is 17.8 Å². The monoisotopic (exact) mass is 359 g/mol. The van der Waals surface area contributed by atoms with Crippen molar-refractivity contribution in [1.29, 1.82) is 0 Å². The molecule has 1 saturated carbocycles. The Morgan fingerprint density at radius 2 is 2.08 bits per heavy atom. The lowest BCUT2D eigenvalue weighted by atomic mass is 10.1. The van der Waals surface area contributed by atoms with E-state index in [2.05, 4.69) is 41.9 Å². The number of hydrogen-bond acceptors (Lipinski definition) is 3. The molecule has 1 amide bonds. The molecular weight excluding hydrogens is 332 g/mol. The number of carbonyl (C=O) groups excluding carboxylic acids is 1. The fourth-order valence-electron chi connectivity index (χ4n) is 3.17. The van der Waals surface area contributed by atoms with Crippen molar-refractivity contribution in [3.8, 4) is 5.75 Å². The summed E-state index contributed by atoms with van der Waals surface area (Å²) in [5.74, 6) is 1.03. The van der Waals surface area contributed by atoms with Crippen LogP contribution in [0.15, 0.2) is 41.8 Å². The van der Waals surface area contributed by atoms with Crippen molar-refractivity contribution in [2.75, 3.05) is 13.7 Å². The van der Waals surface area contributed by atoms with Crippen molar-refractivity contribution in [3.63, 3.8) is 0 Å². The molecule has 1 aromatic carbocycles. The molecule has 1 unspecified atom stereocenters. The van der Waals surface area contributed by atoms with E-state index in [0.29, 0.717) is 12.6 Å². The van der Waals surface area contributed by atoms with Gasteiger partial charge in [0.05, 0.1) is 13.2 Å². The zero-order valence-corrected chi connectivity index (χ0v) is 15.8. The molecule has 2 N–H and O–H groups in total. The van der Waals surface area contributed by atoms with Crippen molar-refractivity contribution in [2.45, 2.75) is 44.8 Å². The molecule has 1 aliphatic rings. The van der Waals surface area contributed by atoms with Crippen molar-refractivity contribution in [3.05, 3.63) is 52.2 Å². The first kappa shape index (κ1) is 18.0. The van der Waals surface area contributed by atoms with Crippen LogP contribution >= 0.6 is 11.3 Å². The second-order valence-corrected chi connectivity index (χ2v) is 7.75. The molecule has 2 atom stereocenters. The second-order valence-electron chi connectivity index (χ2n) is 6.72. The number of nitrogens with one attached hydrogen (secondary N) is 2. The summed E-state index contributed by atoms with van der Waals surface area (Å²) in [4.78, 5) is 15.3. The summed E-state index contributed by atoms with van der Waals surface area (Å²) in [6.45, 7) is 3.65. The zero-order valence-electron chi connectivity index (χ0n) is 15.0. The molecule has 0 radical (unpaired) electrons. The van der Waals surface area contributed by atoms with Gasteiger partial charge in [-0.3, -0.25) is 4.79 Å². The fraction of sp³-hybridized carbons (Fsp3) is 0.450. The Balaban J connectivity index is 1.54. The predicted octanol–water partition coefficient (Wildman–Crippen LogP) is 2.05. The molecule has 0 spiro atoms. The third-order valence-electron chi connectivity index (χ3n) is 4.87. The summed E-state index contributed by atoms with van der Waals surface area (Å²) >= 11 is 1.74. The van der Waals surface area contributed by atoms with Gasteiger partial charge in [-0.05, 0) is 49.1 Å². The van der Waals surface area contributed by atoms with Crippen LogP contribution in [0.3, 0.4) is 0 Å². The van der Waals surface area contributed by atoms with E-state index in [1.54, 1.807) is 18.4 Å². The second kappa shape index (κ2) is 8.50. The van der Waals surface area contributed by atoms with E-state index < -0.39 is 0 Å². The van der Waals surface area contributed by atoms with Crippen molar-refractivity contribution in [1.82, 2.24) is 5.32 Å². The van der Waals surface area contributed by atoms with Gasteiger partial charge in [0.15, 0.2) is 6.04 Å². The molecule has 1 aliphatic carbocycles. The SMILES string of the molecule is COc1ccc(C[NH+](C2CC2)[C@H](C)C(=O)NCCc2cccs2)cc1. The van der Waals surface area contributed by atoms with E-state index in [4.69, 9.17) is 4.74 Å². The normalized spacial score (nSPS) is 16.2. The fourth-order valence-corrected chi connectivity index (χ4v) is 3.88. The average Bonchev–Trinajstić information content (AvgIpc) is 3.35. The highest BCUT2D eigenvalue weighted by Gasteiger charge is 2.39. The summed E-state index contributed by atoms with van der Waals surface area (Å²) in [6, 6.07) is 12.9. The molecule has 2 aromatic rings. The third-order valence-corrected chi connectivity index (χ3v) is 5.81. The van der Waals surface area contributed by atoms with E-state index in [-0.39, 0.29) is 11.9 Å². The standard InChI is InChI=1S/C20H26N2O2S/c1-15(20(23)21-12-11-19-4-3-13-25-19)22(17-7-8-17)14-16-5-9-18(24-2)10-6-16/h3-6,9-10,13,15,17H,7-8,11-12,14H2,1-2H3,(H,21,23)/p+1/t15-/m1/s1. The van der Waals surface area contributed by atoms with Crippen LogP contribution < -0.4 is 15.0 Å². The number of benzene rings is 1. The summed E-state index contributed by atoms with van der Waals surface area (Å²) in [5.41, 5.74) is 1.25. The predicted molar refractivity (Wildman–Crippen MR) is 101 cm³/mol. The highest BCUT2D eigenvalue weighted by Crippen LogP contribution is 2.17. The molecule has 1 fully saturated rings. The minimum Gasteiger partial charge on any atom is -0.497 e. The summed E-state index contributed by atoms with van der Waals surface area (Å²) in [5, 5.41) is 5.19. The van der Waals surface area contributed by atoms with Crippen LogP contribution in [0, 0.1) is 0 Å². The summed E-state index contributed by atoms with van der Waals surface area (Å²) in [6.07, 6.45) is 3.35. The van der Waals surface area contributed by atoms with Gasteiger partial charge in [0.25, 0.3) is 5.91 Å². The Labute approximate surface area is 153 Å². The number of carbonyl (C=O) groups is 1. The van der Waals surface area contributed by atoms with E-state index in [9.17, 15) is 4.79 Å². The molecule has 5 heteroatoms. The molecular formula is C20H27N2O2S+. The lowest BCUT2D eigenvalue weighted by Crippen LogP contribution is -3.16. The number of methoxy groups -OCH3 is 1. The summed E-state index contributed by atoms with van der Waals surface area (Å²) in [7, 11) is 1.68. The van der Waals surface area contributed by atoms with Gasteiger partial charge in [-0.15, -0.1) is 11.3 Å². The van der Waals surface area contributed by atoms with Gasteiger partial charge in [0.1, 0.15) is 12.3 Å². The molecule has 0 saturated heterocycles. The first-order valence-electron chi connectivity index (χ1n) is 8.96. The van der Waals surface area contributed by atoms with E-state index in [1.165, 1.54) is 28.2 Å². The molecule has 1 heterocycles. The molecule has 0 aliphatic heterocycles. The quantitative estimate of drug-likeness (QED) is 0.720. The van der Waals surface area contributed by atoms with Gasteiger partial charge in [0, 0.05) is 29.8 Å². The van der Waals surface area contributed by atoms with Gasteiger partial charge in [-0.2, -0.15) is 0 Å². The van der Waals surface area contributed by atoms with Gasteiger partial charge in [-0.1, -0.05) is 6.07 Å². The third kappa shape index (κ3) is 5.06. The van der Waals surface area contributed by atoms with Gasteiger partial charge in [-0.25, -0.2) is 0 Å². The number of rotatable bonds is 9. The Morgan fingerprint density at radius 1 is 1.32 bits per heavy atom. The molecule has 0 bridgehead atoms. The lowest BCUT2D eigenvalue weighted by Gasteiger charge is -2.25. The van der Waals surface area contributed by atoms with Gasteiger partial charge >= 0.3 is 0 Å². The maximum atomic E-state index is 12.6. The van der Waals surface area contributed by atoms with Crippen molar-refractivity contribution in [2.24, 2.45) is 0 Å². The van der Waals surface area contributed by atoms with Crippen LogP contribution in [0.1, 0.15) is 30.2 Å². The van der Waals surface area contributed by atoms with Crippen LogP contribution in [-0.4, -0.2) is 31.6 Å². The Bertz CT molecular complexity index is 666. The number of ether oxygens (including phenoxy) is 1. The van der Waals surface area contributed by atoms with Crippen LogP contribution in [0.25, 0.3) is 0 Å². The van der Waals surface area contributed by atoms with Gasteiger partial charge < -0.3 is 15.0 Å². The first-order valence-corrected chi connectivity index (χ1v) is 9.84. The number of amides is 1. The lowest BCUT2D eigenvalue weighted by molar-refractivity contribution is -0.938. The number of quaternary nitrogens is 1. The largest absolute Gasteiger partial charge is 0.497 e. The summed E-state index contributed by atoms with van der Waals surface area (Å²) < 4.78 is 5.22. The van der Waals surface area contributed by atoms with Gasteiger partial charge in [0.2, 0.25) is 0 Å². The number of thiophene rings is 1. The molecule has 3 rings (SSSR count). The highest BCUT2D eigenvalue weighted by atomic mass is 32.1. The van der Waals surface area contributed by atoms with Crippen molar-refractivity contribution >= 4 is 17.2 Å². The van der Waals surface area contributed by atoms with Crippen molar-refractivity contribution < 1.29 is 14.4 Å². The van der Waals surface area contributed by atoms with E-state index in [1.807, 2.05) is 12.1 Å². The van der Waals surface area contributed by atoms with E-state index >= 15 is 0 Å². The maximum Gasteiger partial charge on any atom is 0.278 e. The van der Waals surface area contributed by atoms with E-state index in [0.717, 1.165) is 18.7 Å². The molecule has 134 valence electrons. The first-order chi connectivity index (χ1) is 12.2. The molecule has 25 heavy (non-hydrogen) atoms. The topological polar surface area (TPSA) is 42.8 Å². The Morgan fingerprint density at radius 3 is 2.68 bits per heavy atom. The zero-order chi connectivity index (χ0) is 17.6. The maximum absolute atomic E-state index is 12.6. The Kier molecular flexibility index (Phi) is 6.10. The highest BCUT2D eigenvalue weighted by molar-refractivity contribution is 7.09. The van der Waals surface area contributed by atoms with Crippen LogP contribution in [0.2, 0.25) is 0 Å². The average molecular weight is 360 g/mol. The van der Waals surface area contributed by atoms with Crippen LogP contribution in [0.4, 0.5) is 0 Å². The minimum absolute atomic E-state index is 0.0297. The van der Waals surface area contributed by atoms with Crippen LogP contribution in [0.5, 0.6) is 5.75 Å². The smallest absolute Gasteiger partial charge is 0.278 e. The Hall–Kier alpha value is -1.85. The minimum atomic E-state index is -0.0297. The molecule has 4 nitrogen and oxygen atoms in total. The number of hydrogen-bond donors (Lipinski definition) is 2.